The topological polar surface area (TPSA) is 77.6 Å². The second-order valence-corrected chi connectivity index (χ2v) is 9.39. The van der Waals surface area contributed by atoms with Crippen molar-refractivity contribution in [3.8, 4) is 0 Å². The number of piperidine rings is 1. The van der Waals surface area contributed by atoms with E-state index in [9.17, 15) is 14.9 Å². The first-order valence-electron chi connectivity index (χ1n) is 11.0. The van der Waals surface area contributed by atoms with Crippen LogP contribution < -0.4 is 0 Å². The van der Waals surface area contributed by atoms with Crippen molar-refractivity contribution in [1.29, 1.82) is 0 Å². The zero-order valence-electron chi connectivity index (χ0n) is 18.8. The maximum atomic E-state index is 12.4. The average Bonchev–Trinajstić information content (AvgIpc) is 3.11. The summed E-state index contributed by atoms with van der Waals surface area (Å²) in [5.41, 5.74) is 3.08. The minimum Gasteiger partial charge on any atom is -0.444 e. The Morgan fingerprint density at radius 2 is 1.75 bits per heavy atom. The van der Waals surface area contributed by atoms with Crippen LogP contribution in [0.2, 0.25) is 0 Å². The Morgan fingerprint density at radius 3 is 2.38 bits per heavy atom. The normalized spacial score (nSPS) is 15.2. The molecule has 0 saturated carbocycles. The molecule has 1 amide bonds. The number of ether oxygens (including phenoxy) is 1. The van der Waals surface area contributed by atoms with Crippen LogP contribution in [0, 0.1) is 10.1 Å². The van der Waals surface area contributed by atoms with Gasteiger partial charge in [-0.25, -0.2) is 4.79 Å². The molecule has 3 aromatic rings. The number of nitro benzene ring substituents is 1. The Hall–Kier alpha value is -3.35. The summed E-state index contributed by atoms with van der Waals surface area (Å²) in [7, 11) is 0. The molecule has 168 valence electrons. The van der Waals surface area contributed by atoms with Crippen LogP contribution in [0.4, 0.5) is 10.5 Å². The fourth-order valence-electron chi connectivity index (χ4n) is 4.35. The second-order valence-electron chi connectivity index (χ2n) is 9.39. The van der Waals surface area contributed by atoms with E-state index in [0.29, 0.717) is 25.6 Å². The Kier molecular flexibility index (Phi) is 5.91. The lowest BCUT2D eigenvalue weighted by molar-refractivity contribution is -0.384. The molecular weight excluding hydrogens is 406 g/mol. The molecule has 1 aliphatic rings. The van der Waals surface area contributed by atoms with Gasteiger partial charge < -0.3 is 14.2 Å². The molecule has 0 spiro atoms. The number of para-hydroxylation sites is 1. The molecular formula is C25H29N3O4. The van der Waals surface area contributed by atoms with Gasteiger partial charge in [0.25, 0.3) is 5.69 Å². The standard InChI is InChI=1S/C25H29N3O4/c1-25(2,3)32-24(29)26-14-12-19(13-15-26)22-17-27(23-7-5-4-6-21(22)23)16-18-8-10-20(11-9-18)28(30)31/h4-11,17,19H,12-16H2,1-3H3. The van der Waals surface area contributed by atoms with Gasteiger partial charge in [0.05, 0.1) is 4.92 Å². The van der Waals surface area contributed by atoms with Crippen LogP contribution in [-0.2, 0) is 11.3 Å². The van der Waals surface area contributed by atoms with Crippen molar-refractivity contribution < 1.29 is 14.5 Å². The lowest BCUT2D eigenvalue weighted by atomic mass is 9.89. The Labute approximate surface area is 187 Å². The number of aromatic nitrogens is 1. The number of carbonyl (C=O) groups excluding carboxylic acids is 1. The van der Waals surface area contributed by atoms with Gasteiger partial charge in [0.1, 0.15) is 5.60 Å². The summed E-state index contributed by atoms with van der Waals surface area (Å²) >= 11 is 0. The number of rotatable bonds is 4. The molecule has 7 heteroatoms. The summed E-state index contributed by atoms with van der Waals surface area (Å²) < 4.78 is 7.74. The fraction of sp³-hybridized carbons (Fsp3) is 0.400. The number of carbonyl (C=O) groups is 1. The first-order chi connectivity index (χ1) is 15.2. The van der Waals surface area contributed by atoms with Crippen molar-refractivity contribution in [1.82, 2.24) is 9.47 Å². The molecule has 1 saturated heterocycles. The van der Waals surface area contributed by atoms with Gasteiger partial charge in [-0.3, -0.25) is 10.1 Å². The van der Waals surface area contributed by atoms with Gasteiger partial charge in [-0.1, -0.05) is 30.3 Å². The number of likely N-dealkylation sites (tertiary alicyclic amines) is 1. The van der Waals surface area contributed by atoms with E-state index < -0.39 is 5.60 Å². The number of nitrogens with zero attached hydrogens (tertiary/aromatic N) is 3. The van der Waals surface area contributed by atoms with Crippen LogP contribution in [0.1, 0.15) is 50.7 Å². The van der Waals surface area contributed by atoms with Crippen LogP contribution in [0.3, 0.4) is 0 Å². The van der Waals surface area contributed by atoms with Crippen molar-refractivity contribution in [3.63, 3.8) is 0 Å². The van der Waals surface area contributed by atoms with E-state index in [2.05, 4.69) is 29.0 Å². The highest BCUT2D eigenvalue weighted by atomic mass is 16.6. The van der Waals surface area contributed by atoms with E-state index in [0.717, 1.165) is 23.9 Å². The number of non-ortho nitro benzene ring substituents is 1. The molecule has 32 heavy (non-hydrogen) atoms. The molecule has 0 aliphatic carbocycles. The molecule has 1 aromatic heterocycles. The highest BCUT2D eigenvalue weighted by molar-refractivity contribution is 5.84. The molecule has 0 atom stereocenters. The van der Waals surface area contributed by atoms with Crippen molar-refractivity contribution in [2.45, 2.75) is 51.7 Å². The third kappa shape index (κ3) is 4.77. The molecule has 1 fully saturated rings. The van der Waals surface area contributed by atoms with E-state index in [1.807, 2.05) is 39.0 Å². The van der Waals surface area contributed by atoms with E-state index >= 15 is 0 Å². The molecule has 0 N–H and O–H groups in total. The van der Waals surface area contributed by atoms with Gasteiger partial charge in [0, 0.05) is 48.9 Å². The molecule has 1 aliphatic heterocycles. The monoisotopic (exact) mass is 435 g/mol. The van der Waals surface area contributed by atoms with E-state index in [-0.39, 0.29) is 16.7 Å². The first-order valence-corrected chi connectivity index (χ1v) is 11.0. The van der Waals surface area contributed by atoms with Gasteiger partial charge in [0.2, 0.25) is 0 Å². The number of fused-ring (bicyclic) bond motifs is 1. The third-order valence-electron chi connectivity index (χ3n) is 5.91. The highest BCUT2D eigenvalue weighted by Crippen LogP contribution is 2.35. The van der Waals surface area contributed by atoms with Crippen LogP contribution in [0.25, 0.3) is 10.9 Å². The number of benzene rings is 2. The Morgan fingerprint density at radius 1 is 1.09 bits per heavy atom. The largest absolute Gasteiger partial charge is 0.444 e. The van der Waals surface area contributed by atoms with E-state index in [1.54, 1.807) is 17.0 Å². The molecule has 2 heterocycles. The second kappa shape index (κ2) is 8.65. The number of hydrogen-bond donors (Lipinski definition) is 0. The lowest BCUT2D eigenvalue weighted by Gasteiger charge is -2.33. The average molecular weight is 436 g/mol. The number of hydrogen-bond acceptors (Lipinski definition) is 4. The molecule has 0 radical (unpaired) electrons. The molecule has 7 nitrogen and oxygen atoms in total. The summed E-state index contributed by atoms with van der Waals surface area (Å²) in [6, 6.07) is 15.1. The predicted molar refractivity (Wildman–Crippen MR) is 124 cm³/mol. The van der Waals surface area contributed by atoms with Gasteiger partial charge in [-0.2, -0.15) is 0 Å². The minimum absolute atomic E-state index is 0.101. The molecule has 0 bridgehead atoms. The maximum absolute atomic E-state index is 12.4. The van der Waals surface area contributed by atoms with Crippen LogP contribution in [0.15, 0.2) is 54.7 Å². The van der Waals surface area contributed by atoms with Crippen LogP contribution >= 0.6 is 0 Å². The van der Waals surface area contributed by atoms with Gasteiger partial charge >= 0.3 is 6.09 Å². The molecule has 2 aromatic carbocycles. The summed E-state index contributed by atoms with van der Waals surface area (Å²) in [5, 5.41) is 12.2. The summed E-state index contributed by atoms with van der Waals surface area (Å²) in [6.45, 7) is 7.67. The van der Waals surface area contributed by atoms with Crippen molar-refractivity contribution in [2.24, 2.45) is 0 Å². The minimum atomic E-state index is -0.487. The van der Waals surface area contributed by atoms with E-state index in [1.165, 1.54) is 10.9 Å². The summed E-state index contributed by atoms with van der Waals surface area (Å²) in [5.74, 6) is 0.372. The predicted octanol–water partition coefficient (Wildman–Crippen LogP) is 5.71. The Balaban J connectivity index is 1.52. The third-order valence-corrected chi connectivity index (χ3v) is 5.91. The molecule has 4 rings (SSSR count). The summed E-state index contributed by atoms with van der Waals surface area (Å²) in [4.78, 5) is 24.8. The van der Waals surface area contributed by atoms with Crippen molar-refractivity contribution in [2.75, 3.05) is 13.1 Å². The quantitative estimate of drug-likeness (QED) is 0.388. The number of amides is 1. The van der Waals surface area contributed by atoms with Crippen LogP contribution in [-0.4, -0.2) is 39.2 Å². The highest BCUT2D eigenvalue weighted by Gasteiger charge is 2.29. The maximum Gasteiger partial charge on any atom is 0.410 e. The van der Waals surface area contributed by atoms with Crippen molar-refractivity contribution >= 4 is 22.7 Å². The van der Waals surface area contributed by atoms with E-state index in [4.69, 9.17) is 4.74 Å². The Bertz CT molecular complexity index is 1120. The van der Waals surface area contributed by atoms with Crippen molar-refractivity contribution in [3.05, 3.63) is 76.0 Å². The fourth-order valence-corrected chi connectivity index (χ4v) is 4.35. The SMILES string of the molecule is CC(C)(C)OC(=O)N1CCC(c2cn(Cc3ccc([N+](=O)[O-])cc3)c3ccccc23)CC1. The number of nitro groups is 1. The van der Waals surface area contributed by atoms with Gasteiger partial charge in [-0.15, -0.1) is 0 Å². The smallest absolute Gasteiger partial charge is 0.410 e. The lowest BCUT2D eigenvalue weighted by Crippen LogP contribution is -2.41. The molecule has 0 unspecified atom stereocenters. The zero-order valence-corrected chi connectivity index (χ0v) is 18.8. The summed E-state index contributed by atoms with van der Waals surface area (Å²) in [6.07, 6.45) is 3.76. The van der Waals surface area contributed by atoms with Gasteiger partial charge in [-0.05, 0) is 56.7 Å². The van der Waals surface area contributed by atoms with Crippen LogP contribution in [0.5, 0.6) is 0 Å². The first kappa shape index (κ1) is 21.9. The zero-order chi connectivity index (χ0) is 22.9. The van der Waals surface area contributed by atoms with Gasteiger partial charge in [0.15, 0.2) is 0 Å².